The van der Waals surface area contributed by atoms with Crippen molar-refractivity contribution in [3.05, 3.63) is 0 Å². The van der Waals surface area contributed by atoms with Gasteiger partial charge in [0.2, 0.25) is 0 Å². The number of hydrogen-bond acceptors (Lipinski definition) is 6. The van der Waals surface area contributed by atoms with E-state index in [0.717, 1.165) is 0 Å². The number of hydroxylamine groups is 1. The van der Waals surface area contributed by atoms with E-state index in [1.54, 1.807) is 5.48 Å². The van der Waals surface area contributed by atoms with Crippen LogP contribution in [-0.2, 0) is 19.1 Å². The van der Waals surface area contributed by atoms with E-state index in [2.05, 4.69) is 0 Å². The van der Waals surface area contributed by atoms with Crippen molar-refractivity contribution in [2.45, 2.75) is 39.2 Å². The summed E-state index contributed by atoms with van der Waals surface area (Å²) in [6.07, 6.45) is 1.16. The molecule has 0 spiro atoms. The van der Waals surface area contributed by atoms with Gasteiger partial charge in [-0.3, -0.25) is 9.59 Å². The van der Waals surface area contributed by atoms with Crippen molar-refractivity contribution >= 4 is 11.9 Å². The number of hydrogen-bond donors (Lipinski definition) is 2. The molecule has 1 atom stereocenters. The first-order valence-electron chi connectivity index (χ1n) is 5.37. The Kier molecular flexibility index (Phi) is 8.46. The molecule has 0 radical (unpaired) electrons. The molecule has 0 heterocycles. The summed E-state index contributed by atoms with van der Waals surface area (Å²) < 4.78 is 9.56. The topological polar surface area (TPSA) is 84.9 Å². The maximum absolute atomic E-state index is 11.3. The van der Waals surface area contributed by atoms with Gasteiger partial charge in [0.1, 0.15) is 6.04 Å². The predicted molar refractivity (Wildman–Crippen MR) is 55.8 cm³/mol. The Labute approximate surface area is 94.9 Å². The number of nitrogens with one attached hydrogen (secondary N) is 1. The van der Waals surface area contributed by atoms with E-state index in [1.807, 2.05) is 13.8 Å². The van der Waals surface area contributed by atoms with E-state index in [-0.39, 0.29) is 13.0 Å². The Morgan fingerprint density at radius 3 is 2.25 bits per heavy atom. The molecule has 0 aliphatic rings. The smallest absolute Gasteiger partial charge is 0.326 e. The van der Waals surface area contributed by atoms with Crippen LogP contribution in [0.25, 0.3) is 0 Å². The average Bonchev–Trinajstić information content (AvgIpc) is 2.30. The summed E-state index contributed by atoms with van der Waals surface area (Å²) in [6.45, 7) is 4.29. The third-order valence-corrected chi connectivity index (χ3v) is 1.73. The molecule has 6 heteroatoms. The zero-order valence-corrected chi connectivity index (χ0v) is 9.69. The maximum atomic E-state index is 11.3. The molecule has 0 aromatic carbocycles. The lowest BCUT2D eigenvalue weighted by Crippen LogP contribution is -2.38. The Morgan fingerprint density at radius 2 is 1.75 bits per heavy atom. The highest BCUT2D eigenvalue weighted by atomic mass is 16.5. The highest BCUT2D eigenvalue weighted by Gasteiger charge is 2.23. The highest BCUT2D eigenvalue weighted by Crippen LogP contribution is 1.99. The molecular weight excluding hydrogens is 214 g/mol. The van der Waals surface area contributed by atoms with Crippen LogP contribution in [0.3, 0.4) is 0 Å². The Morgan fingerprint density at radius 1 is 1.19 bits per heavy atom. The van der Waals surface area contributed by atoms with Gasteiger partial charge in [0.05, 0.1) is 19.6 Å². The summed E-state index contributed by atoms with van der Waals surface area (Å²) in [5.41, 5.74) is 1.74. The Bertz CT molecular complexity index is 219. The summed E-state index contributed by atoms with van der Waals surface area (Å²) >= 11 is 0. The van der Waals surface area contributed by atoms with Crippen LogP contribution < -0.4 is 5.48 Å². The van der Waals surface area contributed by atoms with Crippen LogP contribution in [0, 0.1) is 0 Å². The highest BCUT2D eigenvalue weighted by molar-refractivity contribution is 5.82. The van der Waals surface area contributed by atoms with E-state index < -0.39 is 18.0 Å². The fourth-order valence-electron chi connectivity index (χ4n) is 0.926. The molecule has 0 amide bonds. The first kappa shape index (κ1) is 14.9. The SMILES string of the molecule is CCCOC(=O)CC(NO)C(=O)OCCC. The van der Waals surface area contributed by atoms with Gasteiger partial charge in [-0.1, -0.05) is 13.8 Å². The second-order valence-corrected chi connectivity index (χ2v) is 3.27. The molecule has 94 valence electrons. The van der Waals surface area contributed by atoms with Gasteiger partial charge in [-0.15, -0.1) is 0 Å². The molecule has 0 aromatic rings. The minimum atomic E-state index is -1.06. The molecule has 0 bridgehead atoms. The van der Waals surface area contributed by atoms with Crippen molar-refractivity contribution in [2.24, 2.45) is 0 Å². The van der Waals surface area contributed by atoms with Gasteiger partial charge < -0.3 is 14.7 Å². The van der Waals surface area contributed by atoms with E-state index in [9.17, 15) is 9.59 Å². The van der Waals surface area contributed by atoms with Crippen LogP contribution in [0.15, 0.2) is 0 Å². The summed E-state index contributed by atoms with van der Waals surface area (Å²) in [5.74, 6) is -1.19. The lowest BCUT2D eigenvalue weighted by Gasteiger charge is -2.13. The predicted octanol–water partition coefficient (Wildman–Crippen LogP) is 0.630. The zero-order valence-electron chi connectivity index (χ0n) is 9.69. The third kappa shape index (κ3) is 6.36. The largest absolute Gasteiger partial charge is 0.466 e. The minimum absolute atomic E-state index is 0.237. The molecule has 0 fully saturated rings. The second-order valence-electron chi connectivity index (χ2n) is 3.27. The van der Waals surface area contributed by atoms with Crippen LogP contribution >= 0.6 is 0 Å². The Balaban J connectivity index is 3.97. The molecule has 2 N–H and O–H groups in total. The Hall–Kier alpha value is -1.14. The molecule has 0 saturated carbocycles. The van der Waals surface area contributed by atoms with Crippen molar-refractivity contribution in [1.29, 1.82) is 0 Å². The maximum Gasteiger partial charge on any atom is 0.326 e. The summed E-state index contributed by atoms with van der Waals surface area (Å²) in [5, 5.41) is 8.71. The van der Waals surface area contributed by atoms with Crippen LogP contribution in [-0.4, -0.2) is 36.4 Å². The fourth-order valence-corrected chi connectivity index (χ4v) is 0.926. The fraction of sp³-hybridized carbons (Fsp3) is 0.800. The van der Waals surface area contributed by atoms with E-state index in [4.69, 9.17) is 14.7 Å². The first-order valence-corrected chi connectivity index (χ1v) is 5.37. The van der Waals surface area contributed by atoms with Gasteiger partial charge >= 0.3 is 11.9 Å². The van der Waals surface area contributed by atoms with Crippen LogP contribution in [0.4, 0.5) is 0 Å². The van der Waals surface area contributed by atoms with Gasteiger partial charge in [-0.25, -0.2) is 0 Å². The number of ether oxygens (including phenoxy) is 2. The molecule has 0 aromatic heterocycles. The number of esters is 2. The van der Waals surface area contributed by atoms with Crippen molar-refractivity contribution in [1.82, 2.24) is 5.48 Å². The quantitative estimate of drug-likeness (QED) is 0.472. The standard InChI is InChI=1S/C10H19NO5/c1-3-5-15-9(12)7-8(11-14)10(13)16-6-4-2/h8,11,14H,3-7H2,1-2H3. The van der Waals surface area contributed by atoms with Crippen LogP contribution in [0.2, 0.25) is 0 Å². The van der Waals surface area contributed by atoms with Crippen molar-refractivity contribution in [3.8, 4) is 0 Å². The van der Waals surface area contributed by atoms with Gasteiger partial charge in [-0.2, -0.15) is 5.48 Å². The van der Waals surface area contributed by atoms with Crippen LogP contribution in [0.5, 0.6) is 0 Å². The molecule has 0 rings (SSSR count). The first-order chi connectivity index (χ1) is 7.65. The zero-order chi connectivity index (χ0) is 12.4. The van der Waals surface area contributed by atoms with E-state index >= 15 is 0 Å². The molecule has 0 aliphatic carbocycles. The van der Waals surface area contributed by atoms with Gasteiger partial charge in [0.25, 0.3) is 0 Å². The monoisotopic (exact) mass is 233 g/mol. The summed E-state index contributed by atoms with van der Waals surface area (Å²) in [4.78, 5) is 22.5. The van der Waals surface area contributed by atoms with Crippen molar-refractivity contribution in [3.63, 3.8) is 0 Å². The number of rotatable bonds is 8. The molecule has 6 nitrogen and oxygen atoms in total. The van der Waals surface area contributed by atoms with Crippen LogP contribution in [0.1, 0.15) is 33.1 Å². The number of carbonyl (C=O) groups is 2. The lowest BCUT2D eigenvalue weighted by molar-refractivity contribution is -0.155. The summed E-state index contributed by atoms with van der Waals surface area (Å²) in [7, 11) is 0. The molecule has 0 aliphatic heterocycles. The third-order valence-electron chi connectivity index (χ3n) is 1.73. The van der Waals surface area contributed by atoms with Gasteiger partial charge in [0.15, 0.2) is 0 Å². The molecular formula is C10H19NO5. The summed E-state index contributed by atoms with van der Waals surface area (Å²) in [6, 6.07) is -1.06. The minimum Gasteiger partial charge on any atom is -0.466 e. The van der Waals surface area contributed by atoms with Gasteiger partial charge in [0, 0.05) is 0 Å². The molecule has 1 unspecified atom stereocenters. The molecule has 16 heavy (non-hydrogen) atoms. The normalized spacial score (nSPS) is 11.9. The number of carbonyl (C=O) groups excluding carboxylic acids is 2. The van der Waals surface area contributed by atoms with E-state index in [0.29, 0.717) is 19.4 Å². The van der Waals surface area contributed by atoms with Gasteiger partial charge in [-0.05, 0) is 12.8 Å². The van der Waals surface area contributed by atoms with Crippen molar-refractivity contribution in [2.75, 3.05) is 13.2 Å². The second kappa shape index (κ2) is 9.11. The molecule has 0 saturated heterocycles. The average molecular weight is 233 g/mol. The van der Waals surface area contributed by atoms with E-state index in [1.165, 1.54) is 0 Å². The van der Waals surface area contributed by atoms with Crippen molar-refractivity contribution < 1.29 is 24.3 Å². The lowest BCUT2D eigenvalue weighted by atomic mass is 10.2.